The van der Waals surface area contributed by atoms with Gasteiger partial charge in [0.2, 0.25) is 0 Å². The monoisotopic (exact) mass is 264 g/mol. The number of thiazole rings is 1. The second kappa shape index (κ2) is 4.50. The largest absolute Gasteiger partial charge is 0.481 e. The molecule has 1 saturated carbocycles. The minimum Gasteiger partial charge on any atom is -0.481 e. The van der Waals surface area contributed by atoms with Crippen LogP contribution in [0.4, 0.5) is 0 Å². The van der Waals surface area contributed by atoms with Crippen LogP contribution in [0.2, 0.25) is 0 Å². The molecule has 1 aromatic heterocycles. The second-order valence-corrected chi connectivity index (χ2v) is 5.41. The molecule has 0 bridgehead atoms. The topological polar surface area (TPSA) is 91.0 Å². The number of carbonyl (C=O) groups is 2. The van der Waals surface area contributed by atoms with E-state index in [1.807, 2.05) is 12.3 Å². The van der Waals surface area contributed by atoms with Crippen LogP contribution >= 0.6 is 11.3 Å². The first-order valence-corrected chi connectivity index (χ1v) is 6.46. The van der Waals surface area contributed by atoms with Crippen LogP contribution in [-0.2, 0) is 15.0 Å². The summed E-state index contributed by atoms with van der Waals surface area (Å²) in [6.07, 6.45) is 0.521. The van der Waals surface area contributed by atoms with Gasteiger partial charge < -0.3 is 5.11 Å². The molecule has 1 aliphatic carbocycles. The van der Waals surface area contributed by atoms with Gasteiger partial charge in [0.25, 0.3) is 0 Å². The Morgan fingerprint density at radius 1 is 1.72 bits per heavy atom. The third kappa shape index (κ3) is 2.02. The lowest BCUT2D eigenvalue weighted by Gasteiger charge is -2.31. The third-order valence-corrected chi connectivity index (χ3v) is 4.44. The number of aryl methyl sites for hydroxylation is 1. The Hall–Kier alpha value is -1.74. The van der Waals surface area contributed by atoms with E-state index in [4.69, 9.17) is 5.11 Å². The summed E-state index contributed by atoms with van der Waals surface area (Å²) in [4.78, 5) is 26.9. The summed E-state index contributed by atoms with van der Waals surface area (Å²) in [6, 6.07) is 2.18. The molecule has 0 aliphatic heterocycles. The SMILES string of the molecule is Cc1csc(C2(C#N)CCC(=O)C(C(=O)O)C2)n1. The summed E-state index contributed by atoms with van der Waals surface area (Å²) in [7, 11) is 0. The van der Waals surface area contributed by atoms with Gasteiger partial charge in [-0.15, -0.1) is 11.3 Å². The predicted molar refractivity (Wildman–Crippen MR) is 64.1 cm³/mol. The molecule has 1 aliphatic rings. The molecule has 0 radical (unpaired) electrons. The summed E-state index contributed by atoms with van der Waals surface area (Å²) >= 11 is 1.36. The zero-order valence-corrected chi connectivity index (χ0v) is 10.7. The van der Waals surface area contributed by atoms with Crippen molar-refractivity contribution < 1.29 is 14.7 Å². The Kier molecular flexibility index (Phi) is 3.18. The number of hydrogen-bond donors (Lipinski definition) is 1. The van der Waals surface area contributed by atoms with Gasteiger partial charge in [0.05, 0.1) is 6.07 Å². The Morgan fingerprint density at radius 2 is 2.44 bits per heavy atom. The number of aliphatic carboxylic acids is 1. The van der Waals surface area contributed by atoms with E-state index in [1.54, 1.807) is 0 Å². The van der Waals surface area contributed by atoms with E-state index in [1.165, 1.54) is 11.3 Å². The van der Waals surface area contributed by atoms with Crippen LogP contribution in [0.25, 0.3) is 0 Å². The van der Waals surface area contributed by atoms with E-state index < -0.39 is 17.3 Å². The van der Waals surface area contributed by atoms with Crippen LogP contribution in [0.3, 0.4) is 0 Å². The number of carboxylic acid groups (broad SMARTS) is 1. The van der Waals surface area contributed by atoms with E-state index in [-0.39, 0.29) is 18.6 Å². The minimum absolute atomic E-state index is 0.0324. The molecule has 6 heteroatoms. The van der Waals surface area contributed by atoms with E-state index >= 15 is 0 Å². The number of ketones is 1. The lowest BCUT2D eigenvalue weighted by atomic mass is 9.70. The maximum atomic E-state index is 11.6. The standard InChI is InChI=1S/C12H12N2O3S/c1-7-5-18-11(14-7)12(6-13)3-2-9(15)8(4-12)10(16)17/h5,8H,2-4H2,1H3,(H,16,17). The molecule has 0 spiro atoms. The van der Waals surface area contributed by atoms with Crippen molar-refractivity contribution in [1.29, 1.82) is 5.26 Å². The molecule has 1 N–H and O–H groups in total. The van der Waals surface area contributed by atoms with Crippen LogP contribution in [0.15, 0.2) is 5.38 Å². The van der Waals surface area contributed by atoms with Crippen molar-refractivity contribution in [2.45, 2.75) is 31.6 Å². The first kappa shape index (κ1) is 12.7. The summed E-state index contributed by atoms with van der Waals surface area (Å²) in [6.45, 7) is 1.83. The number of nitriles is 1. The van der Waals surface area contributed by atoms with Gasteiger partial charge in [0.15, 0.2) is 0 Å². The first-order valence-electron chi connectivity index (χ1n) is 5.58. The first-order chi connectivity index (χ1) is 8.48. The lowest BCUT2D eigenvalue weighted by Crippen LogP contribution is -2.39. The number of hydrogen-bond acceptors (Lipinski definition) is 5. The van der Waals surface area contributed by atoms with Crippen LogP contribution in [0, 0.1) is 24.2 Å². The van der Waals surface area contributed by atoms with E-state index in [9.17, 15) is 14.9 Å². The van der Waals surface area contributed by atoms with Crippen molar-refractivity contribution in [3.63, 3.8) is 0 Å². The van der Waals surface area contributed by atoms with Crippen LogP contribution < -0.4 is 0 Å². The van der Waals surface area contributed by atoms with Gasteiger partial charge in [0.1, 0.15) is 22.1 Å². The molecule has 2 rings (SSSR count). The number of Topliss-reactive ketones (excluding diaryl/α,β-unsaturated/α-hetero) is 1. The Balaban J connectivity index is 2.37. The molecule has 18 heavy (non-hydrogen) atoms. The van der Waals surface area contributed by atoms with Gasteiger partial charge in [0, 0.05) is 17.5 Å². The van der Waals surface area contributed by atoms with Crippen molar-refractivity contribution in [3.8, 4) is 6.07 Å². The van der Waals surface area contributed by atoms with Crippen LogP contribution in [0.1, 0.15) is 30.0 Å². The zero-order chi connectivity index (χ0) is 13.3. The minimum atomic E-state index is -1.15. The van der Waals surface area contributed by atoms with E-state index in [0.717, 1.165) is 5.69 Å². The summed E-state index contributed by atoms with van der Waals surface area (Å²) in [5.74, 6) is -2.52. The predicted octanol–water partition coefficient (Wildman–Crippen LogP) is 1.67. The van der Waals surface area contributed by atoms with Crippen molar-refractivity contribution in [3.05, 3.63) is 16.1 Å². The van der Waals surface area contributed by atoms with Gasteiger partial charge in [-0.2, -0.15) is 5.26 Å². The third-order valence-electron chi connectivity index (χ3n) is 3.28. The van der Waals surface area contributed by atoms with Gasteiger partial charge in [-0.25, -0.2) is 4.98 Å². The molecule has 2 atom stereocenters. The fourth-order valence-electron chi connectivity index (χ4n) is 2.22. The molecule has 0 aromatic carbocycles. The fourth-order valence-corrected chi connectivity index (χ4v) is 3.21. The molecule has 1 aromatic rings. The number of nitrogens with zero attached hydrogens (tertiary/aromatic N) is 2. The molecule has 2 unspecified atom stereocenters. The second-order valence-electron chi connectivity index (χ2n) is 4.55. The van der Waals surface area contributed by atoms with Crippen LogP contribution in [0.5, 0.6) is 0 Å². The van der Waals surface area contributed by atoms with Gasteiger partial charge in [-0.05, 0) is 19.8 Å². The summed E-state index contributed by atoms with van der Waals surface area (Å²) in [5, 5.41) is 20.9. The van der Waals surface area contributed by atoms with Gasteiger partial charge >= 0.3 is 5.97 Å². The van der Waals surface area contributed by atoms with Gasteiger partial charge in [-0.3, -0.25) is 9.59 Å². The van der Waals surface area contributed by atoms with Crippen molar-refractivity contribution in [1.82, 2.24) is 4.98 Å². The maximum absolute atomic E-state index is 11.6. The number of rotatable bonds is 2. The Labute approximate surface area is 108 Å². The molecule has 1 fully saturated rings. The number of carboxylic acids is 1. The van der Waals surface area contributed by atoms with Gasteiger partial charge in [-0.1, -0.05) is 0 Å². The van der Waals surface area contributed by atoms with E-state index in [0.29, 0.717) is 11.4 Å². The van der Waals surface area contributed by atoms with Crippen molar-refractivity contribution in [2.75, 3.05) is 0 Å². The highest BCUT2D eigenvalue weighted by atomic mass is 32.1. The zero-order valence-electron chi connectivity index (χ0n) is 9.84. The molecule has 0 amide bonds. The molecular weight excluding hydrogens is 252 g/mol. The summed E-state index contributed by atoms with van der Waals surface area (Å²) < 4.78 is 0. The average Bonchev–Trinajstić information content (AvgIpc) is 2.77. The highest BCUT2D eigenvalue weighted by Crippen LogP contribution is 2.41. The molecule has 0 saturated heterocycles. The Morgan fingerprint density at radius 3 is 2.94 bits per heavy atom. The smallest absolute Gasteiger partial charge is 0.314 e. The quantitative estimate of drug-likeness (QED) is 0.820. The van der Waals surface area contributed by atoms with Crippen molar-refractivity contribution in [2.24, 2.45) is 5.92 Å². The summed E-state index contributed by atoms with van der Waals surface area (Å²) in [5.41, 5.74) is -0.107. The molecule has 5 nitrogen and oxygen atoms in total. The number of carbonyl (C=O) groups excluding carboxylic acids is 1. The average molecular weight is 264 g/mol. The Bertz CT molecular complexity index is 546. The number of aromatic nitrogens is 1. The fraction of sp³-hybridized carbons (Fsp3) is 0.500. The highest BCUT2D eigenvalue weighted by Gasteiger charge is 2.46. The maximum Gasteiger partial charge on any atom is 0.314 e. The normalized spacial score (nSPS) is 27.8. The van der Waals surface area contributed by atoms with Crippen LogP contribution in [-0.4, -0.2) is 21.8 Å². The molecule has 94 valence electrons. The highest BCUT2D eigenvalue weighted by molar-refractivity contribution is 7.09. The lowest BCUT2D eigenvalue weighted by molar-refractivity contribution is -0.148. The molecular formula is C12H12N2O3S. The van der Waals surface area contributed by atoms with E-state index in [2.05, 4.69) is 11.1 Å². The van der Waals surface area contributed by atoms with Crippen molar-refractivity contribution >= 4 is 23.1 Å². The molecule has 1 heterocycles.